The molecular formula is C20H18ClN3O3S. The normalized spacial score (nSPS) is 12.8. The number of ether oxygens (including phenoxy) is 2. The lowest BCUT2D eigenvalue weighted by atomic mass is 9.91. The molecule has 6 nitrogen and oxygen atoms in total. The van der Waals surface area contributed by atoms with Gasteiger partial charge in [-0.25, -0.2) is 4.98 Å². The Hall–Kier alpha value is -2.61. The van der Waals surface area contributed by atoms with Crippen LogP contribution in [0.5, 0.6) is 5.75 Å². The van der Waals surface area contributed by atoms with Crippen LogP contribution in [0.15, 0.2) is 29.6 Å². The van der Waals surface area contributed by atoms with E-state index in [1.807, 2.05) is 31.2 Å². The van der Waals surface area contributed by atoms with Crippen LogP contribution in [0.3, 0.4) is 0 Å². The van der Waals surface area contributed by atoms with Crippen LogP contribution >= 0.6 is 22.9 Å². The number of fused-ring (bicyclic) bond motifs is 1. The van der Waals surface area contributed by atoms with Gasteiger partial charge in [0.25, 0.3) is 5.91 Å². The predicted octanol–water partition coefficient (Wildman–Crippen LogP) is 4.25. The molecule has 0 radical (unpaired) electrons. The molecule has 1 aliphatic heterocycles. The number of hydrogen-bond acceptors (Lipinski definition) is 6. The first-order valence-electron chi connectivity index (χ1n) is 8.57. The van der Waals surface area contributed by atoms with Gasteiger partial charge in [0.05, 0.1) is 11.3 Å². The summed E-state index contributed by atoms with van der Waals surface area (Å²) in [5, 5.41) is 5.81. The standard InChI is InChI=1S/C20H18ClN3O3S/c1-10-3-4-11(27-9-26-2)5-12(10)13-6-14(20-24-16(21)8-28-20)15-7-23-19(25)17(15)18(13)22/h3-6,8H,7,9,22H2,1-2H3,(H,23,25). The van der Waals surface area contributed by atoms with Crippen molar-refractivity contribution in [2.24, 2.45) is 0 Å². The van der Waals surface area contributed by atoms with Gasteiger partial charge in [-0.2, -0.15) is 0 Å². The molecular weight excluding hydrogens is 398 g/mol. The highest BCUT2D eigenvalue weighted by Crippen LogP contribution is 2.42. The van der Waals surface area contributed by atoms with Gasteiger partial charge in [0, 0.05) is 30.2 Å². The Morgan fingerprint density at radius 2 is 2.11 bits per heavy atom. The van der Waals surface area contributed by atoms with Crippen LogP contribution < -0.4 is 15.8 Å². The number of rotatable bonds is 5. The third-order valence-corrected chi connectivity index (χ3v) is 5.88. The zero-order valence-electron chi connectivity index (χ0n) is 15.3. The summed E-state index contributed by atoms with van der Waals surface area (Å²) in [7, 11) is 1.57. The molecule has 0 unspecified atom stereocenters. The van der Waals surface area contributed by atoms with Crippen molar-refractivity contribution >= 4 is 34.5 Å². The highest BCUT2D eigenvalue weighted by Gasteiger charge is 2.29. The number of carbonyl (C=O) groups excluding carboxylic acids is 1. The molecule has 0 aliphatic carbocycles. The van der Waals surface area contributed by atoms with E-state index < -0.39 is 0 Å². The Balaban J connectivity index is 1.93. The summed E-state index contributed by atoms with van der Waals surface area (Å²) in [6.07, 6.45) is 0. The van der Waals surface area contributed by atoms with Crippen LogP contribution in [0.2, 0.25) is 5.15 Å². The van der Waals surface area contributed by atoms with Crippen molar-refractivity contribution in [3.05, 3.63) is 51.5 Å². The topological polar surface area (TPSA) is 86.5 Å². The number of carbonyl (C=O) groups is 1. The maximum atomic E-state index is 12.5. The van der Waals surface area contributed by atoms with Crippen molar-refractivity contribution in [2.75, 3.05) is 19.6 Å². The molecule has 1 aliphatic rings. The molecule has 0 atom stereocenters. The number of aryl methyl sites for hydroxylation is 1. The van der Waals surface area contributed by atoms with Crippen LogP contribution in [0, 0.1) is 6.92 Å². The lowest BCUT2D eigenvalue weighted by Gasteiger charge is -2.16. The number of methoxy groups -OCH3 is 1. The fraction of sp³-hybridized carbons (Fsp3) is 0.200. The van der Waals surface area contributed by atoms with Gasteiger partial charge in [-0.05, 0) is 41.8 Å². The molecule has 0 saturated heterocycles. The van der Waals surface area contributed by atoms with Gasteiger partial charge in [-0.1, -0.05) is 17.7 Å². The summed E-state index contributed by atoms with van der Waals surface area (Å²) in [6.45, 7) is 2.55. The lowest BCUT2D eigenvalue weighted by Crippen LogP contribution is -2.13. The number of nitrogens with two attached hydrogens (primary N) is 1. The van der Waals surface area contributed by atoms with E-state index in [1.165, 1.54) is 11.3 Å². The minimum absolute atomic E-state index is 0.146. The first-order chi connectivity index (χ1) is 13.5. The predicted molar refractivity (Wildman–Crippen MR) is 111 cm³/mol. The summed E-state index contributed by atoms with van der Waals surface area (Å²) >= 11 is 7.47. The Morgan fingerprint density at radius 1 is 1.29 bits per heavy atom. The minimum atomic E-state index is -0.178. The smallest absolute Gasteiger partial charge is 0.254 e. The third kappa shape index (κ3) is 3.22. The fourth-order valence-electron chi connectivity index (χ4n) is 3.34. The second kappa shape index (κ2) is 7.43. The Morgan fingerprint density at radius 3 is 2.82 bits per heavy atom. The summed E-state index contributed by atoms with van der Waals surface area (Å²) in [5.74, 6) is 0.480. The van der Waals surface area contributed by atoms with Crippen LogP contribution in [0.4, 0.5) is 5.69 Å². The maximum Gasteiger partial charge on any atom is 0.254 e. The van der Waals surface area contributed by atoms with Crippen molar-refractivity contribution in [2.45, 2.75) is 13.5 Å². The monoisotopic (exact) mass is 415 g/mol. The van der Waals surface area contributed by atoms with Crippen molar-refractivity contribution < 1.29 is 14.3 Å². The summed E-state index contributed by atoms with van der Waals surface area (Å²) in [4.78, 5) is 16.9. The SMILES string of the molecule is COCOc1ccc(C)c(-c2cc(-c3nc(Cl)cs3)c3c(c2N)C(=O)NC3)c1. The van der Waals surface area contributed by atoms with E-state index in [2.05, 4.69) is 10.3 Å². The Labute approximate surface area is 171 Å². The molecule has 2 aromatic carbocycles. The molecule has 0 spiro atoms. The molecule has 1 amide bonds. The van der Waals surface area contributed by atoms with Gasteiger partial charge in [-0.15, -0.1) is 11.3 Å². The quantitative estimate of drug-likeness (QED) is 0.480. The summed E-state index contributed by atoms with van der Waals surface area (Å²) in [6, 6.07) is 7.70. The van der Waals surface area contributed by atoms with Crippen molar-refractivity contribution in [1.29, 1.82) is 0 Å². The number of thiazole rings is 1. The lowest BCUT2D eigenvalue weighted by molar-refractivity contribution is 0.0511. The molecule has 2 heterocycles. The number of halogens is 1. The first-order valence-corrected chi connectivity index (χ1v) is 9.83. The first kappa shape index (κ1) is 18.7. The zero-order valence-corrected chi connectivity index (χ0v) is 16.9. The molecule has 1 aromatic heterocycles. The van der Waals surface area contributed by atoms with Gasteiger partial charge in [0.2, 0.25) is 0 Å². The number of anilines is 1. The average molecular weight is 416 g/mol. The van der Waals surface area contributed by atoms with E-state index >= 15 is 0 Å². The number of nitrogens with one attached hydrogen (secondary N) is 1. The number of nitrogens with zero attached hydrogens (tertiary/aromatic N) is 1. The highest BCUT2D eigenvalue weighted by atomic mass is 35.5. The van der Waals surface area contributed by atoms with Crippen molar-refractivity contribution in [3.8, 4) is 27.4 Å². The molecule has 3 N–H and O–H groups in total. The van der Waals surface area contributed by atoms with Crippen LogP contribution in [-0.4, -0.2) is 24.8 Å². The molecule has 28 heavy (non-hydrogen) atoms. The van der Waals surface area contributed by atoms with E-state index in [4.69, 9.17) is 26.8 Å². The van der Waals surface area contributed by atoms with E-state index in [-0.39, 0.29) is 12.7 Å². The van der Waals surface area contributed by atoms with Gasteiger partial charge >= 0.3 is 0 Å². The number of amides is 1. The average Bonchev–Trinajstić information content (AvgIpc) is 3.28. The number of nitrogen functional groups attached to an aromatic ring is 1. The molecule has 4 rings (SSSR count). The summed E-state index contributed by atoms with van der Waals surface area (Å²) < 4.78 is 10.6. The van der Waals surface area contributed by atoms with Gasteiger partial charge < -0.3 is 20.5 Å². The van der Waals surface area contributed by atoms with Crippen molar-refractivity contribution in [3.63, 3.8) is 0 Å². The molecule has 3 aromatic rings. The second-order valence-electron chi connectivity index (χ2n) is 6.42. The molecule has 0 bridgehead atoms. The summed E-state index contributed by atoms with van der Waals surface area (Å²) in [5.41, 5.74) is 11.8. The van der Waals surface area contributed by atoms with Gasteiger partial charge in [0.15, 0.2) is 6.79 Å². The van der Waals surface area contributed by atoms with Crippen molar-refractivity contribution in [1.82, 2.24) is 10.3 Å². The zero-order chi connectivity index (χ0) is 19.8. The fourth-order valence-corrected chi connectivity index (χ4v) is 4.33. The molecule has 8 heteroatoms. The van der Waals surface area contributed by atoms with E-state index in [9.17, 15) is 4.79 Å². The van der Waals surface area contributed by atoms with Gasteiger partial charge in [0.1, 0.15) is 15.9 Å². The Bertz CT molecular complexity index is 1080. The second-order valence-corrected chi connectivity index (χ2v) is 7.67. The third-order valence-electron chi connectivity index (χ3n) is 4.68. The molecule has 0 saturated carbocycles. The van der Waals surface area contributed by atoms with Gasteiger partial charge in [-0.3, -0.25) is 4.79 Å². The van der Waals surface area contributed by atoms with E-state index in [1.54, 1.807) is 12.5 Å². The minimum Gasteiger partial charge on any atom is -0.468 e. The maximum absolute atomic E-state index is 12.5. The number of hydrogen-bond donors (Lipinski definition) is 2. The molecule has 144 valence electrons. The van der Waals surface area contributed by atoms with Crippen LogP contribution in [-0.2, 0) is 11.3 Å². The van der Waals surface area contributed by atoms with Crippen LogP contribution in [0.1, 0.15) is 21.5 Å². The number of benzene rings is 2. The molecule has 0 fully saturated rings. The highest BCUT2D eigenvalue weighted by molar-refractivity contribution is 7.13. The van der Waals surface area contributed by atoms with E-state index in [0.29, 0.717) is 28.7 Å². The van der Waals surface area contributed by atoms with E-state index in [0.717, 1.165) is 32.8 Å². The number of aromatic nitrogens is 1. The van der Waals surface area contributed by atoms with Crippen LogP contribution in [0.25, 0.3) is 21.7 Å². The largest absolute Gasteiger partial charge is 0.468 e. The Kier molecular flexibility index (Phi) is 4.97.